The minimum absolute atomic E-state index is 0.166. The van der Waals surface area contributed by atoms with Crippen molar-refractivity contribution < 1.29 is 4.74 Å². The molecule has 0 aromatic heterocycles. The van der Waals surface area contributed by atoms with E-state index in [2.05, 4.69) is 37.4 Å². The molecule has 0 saturated heterocycles. The molecule has 0 amide bonds. The second kappa shape index (κ2) is 3.28. The summed E-state index contributed by atoms with van der Waals surface area (Å²) in [5.74, 6) is 1.05. The SMILES string of the molecule is CNCc1ccc2c(c1)C(C)(C)CO2. The summed E-state index contributed by atoms with van der Waals surface area (Å²) in [5.41, 5.74) is 2.83. The zero-order chi connectivity index (χ0) is 10.2. The van der Waals surface area contributed by atoms with Crippen LogP contribution in [0.15, 0.2) is 18.2 Å². The molecule has 0 atom stereocenters. The van der Waals surface area contributed by atoms with Crippen LogP contribution in [-0.2, 0) is 12.0 Å². The van der Waals surface area contributed by atoms with Crippen molar-refractivity contribution in [3.63, 3.8) is 0 Å². The van der Waals surface area contributed by atoms with Gasteiger partial charge in [-0.25, -0.2) is 0 Å². The Balaban J connectivity index is 2.38. The highest BCUT2D eigenvalue weighted by Gasteiger charge is 2.31. The molecular formula is C12H17NO. The average Bonchev–Trinajstić information content (AvgIpc) is 2.44. The Morgan fingerprint density at radius 1 is 1.43 bits per heavy atom. The fourth-order valence-electron chi connectivity index (χ4n) is 1.88. The van der Waals surface area contributed by atoms with Gasteiger partial charge in [0.15, 0.2) is 0 Å². The third-order valence-corrected chi connectivity index (χ3v) is 2.74. The standard InChI is InChI=1S/C12H17NO/c1-12(2)8-14-11-5-4-9(7-13-3)6-10(11)12/h4-6,13H,7-8H2,1-3H3. The van der Waals surface area contributed by atoms with Gasteiger partial charge in [0.05, 0.1) is 6.61 Å². The summed E-state index contributed by atoms with van der Waals surface area (Å²) in [6.45, 7) is 6.17. The molecule has 2 rings (SSSR count). The minimum Gasteiger partial charge on any atom is -0.492 e. The van der Waals surface area contributed by atoms with E-state index in [4.69, 9.17) is 4.74 Å². The molecule has 1 aliphatic rings. The van der Waals surface area contributed by atoms with E-state index in [1.54, 1.807) is 0 Å². The summed E-state index contributed by atoms with van der Waals surface area (Å²) in [4.78, 5) is 0. The van der Waals surface area contributed by atoms with Gasteiger partial charge in [-0.2, -0.15) is 0 Å². The molecule has 1 N–H and O–H groups in total. The Hall–Kier alpha value is -1.02. The number of hydrogen-bond acceptors (Lipinski definition) is 2. The fraction of sp³-hybridized carbons (Fsp3) is 0.500. The Bertz CT molecular complexity index is 344. The van der Waals surface area contributed by atoms with Gasteiger partial charge in [-0.1, -0.05) is 26.0 Å². The molecule has 0 spiro atoms. The van der Waals surface area contributed by atoms with Crippen molar-refractivity contribution in [1.82, 2.24) is 5.32 Å². The maximum atomic E-state index is 5.63. The molecule has 14 heavy (non-hydrogen) atoms. The van der Waals surface area contributed by atoms with Crippen LogP contribution in [0.1, 0.15) is 25.0 Å². The van der Waals surface area contributed by atoms with Crippen molar-refractivity contribution in [2.24, 2.45) is 0 Å². The number of rotatable bonds is 2. The van der Waals surface area contributed by atoms with Crippen molar-refractivity contribution in [1.29, 1.82) is 0 Å². The molecule has 0 unspecified atom stereocenters. The van der Waals surface area contributed by atoms with Crippen molar-refractivity contribution in [3.05, 3.63) is 29.3 Å². The Kier molecular flexibility index (Phi) is 2.23. The molecule has 76 valence electrons. The third kappa shape index (κ3) is 1.50. The molecule has 1 heterocycles. The number of fused-ring (bicyclic) bond motifs is 1. The number of benzene rings is 1. The van der Waals surface area contributed by atoms with Crippen LogP contribution < -0.4 is 10.1 Å². The van der Waals surface area contributed by atoms with Crippen LogP contribution in [0.2, 0.25) is 0 Å². The van der Waals surface area contributed by atoms with Crippen LogP contribution >= 0.6 is 0 Å². The second-order valence-electron chi connectivity index (χ2n) is 4.53. The van der Waals surface area contributed by atoms with E-state index in [0.29, 0.717) is 0 Å². The topological polar surface area (TPSA) is 21.3 Å². The summed E-state index contributed by atoms with van der Waals surface area (Å²) in [6.07, 6.45) is 0. The van der Waals surface area contributed by atoms with E-state index in [0.717, 1.165) is 18.9 Å². The van der Waals surface area contributed by atoms with E-state index in [1.807, 2.05) is 7.05 Å². The van der Waals surface area contributed by atoms with Gasteiger partial charge in [-0.3, -0.25) is 0 Å². The summed E-state index contributed by atoms with van der Waals surface area (Å²) in [7, 11) is 1.97. The predicted octanol–water partition coefficient (Wildman–Crippen LogP) is 2.08. The van der Waals surface area contributed by atoms with Crippen LogP contribution in [0.3, 0.4) is 0 Å². The maximum absolute atomic E-state index is 5.63. The summed E-state index contributed by atoms with van der Waals surface area (Å²) >= 11 is 0. The molecule has 0 bridgehead atoms. The fourth-order valence-corrected chi connectivity index (χ4v) is 1.88. The lowest BCUT2D eigenvalue weighted by atomic mass is 9.86. The van der Waals surface area contributed by atoms with Gasteiger partial charge in [0.2, 0.25) is 0 Å². The molecule has 0 fully saturated rings. The molecule has 2 nitrogen and oxygen atoms in total. The predicted molar refractivity (Wildman–Crippen MR) is 57.7 cm³/mol. The van der Waals surface area contributed by atoms with E-state index in [9.17, 15) is 0 Å². The molecule has 2 heteroatoms. The first kappa shape index (κ1) is 9.53. The number of hydrogen-bond donors (Lipinski definition) is 1. The zero-order valence-electron chi connectivity index (χ0n) is 9.05. The van der Waals surface area contributed by atoms with E-state index in [-0.39, 0.29) is 5.41 Å². The van der Waals surface area contributed by atoms with Crippen LogP contribution in [-0.4, -0.2) is 13.7 Å². The Morgan fingerprint density at radius 3 is 2.93 bits per heavy atom. The van der Waals surface area contributed by atoms with Gasteiger partial charge in [0.25, 0.3) is 0 Å². The van der Waals surface area contributed by atoms with Crippen molar-refractivity contribution >= 4 is 0 Å². The zero-order valence-corrected chi connectivity index (χ0v) is 9.05. The highest BCUT2D eigenvalue weighted by atomic mass is 16.5. The monoisotopic (exact) mass is 191 g/mol. The Labute approximate surface area is 85.3 Å². The quantitative estimate of drug-likeness (QED) is 0.772. The smallest absolute Gasteiger partial charge is 0.123 e. The Morgan fingerprint density at radius 2 is 2.21 bits per heavy atom. The summed E-state index contributed by atoms with van der Waals surface area (Å²) < 4.78 is 5.63. The molecule has 1 aliphatic heterocycles. The first-order valence-corrected chi connectivity index (χ1v) is 5.04. The van der Waals surface area contributed by atoms with Crippen molar-refractivity contribution in [3.8, 4) is 5.75 Å². The summed E-state index contributed by atoms with van der Waals surface area (Å²) in [5, 5.41) is 3.16. The summed E-state index contributed by atoms with van der Waals surface area (Å²) in [6, 6.07) is 6.45. The van der Waals surface area contributed by atoms with E-state index < -0.39 is 0 Å². The molecule has 1 aromatic rings. The van der Waals surface area contributed by atoms with Gasteiger partial charge in [-0.15, -0.1) is 0 Å². The molecular weight excluding hydrogens is 174 g/mol. The van der Waals surface area contributed by atoms with Crippen LogP contribution in [0.4, 0.5) is 0 Å². The van der Waals surface area contributed by atoms with Crippen LogP contribution in [0.25, 0.3) is 0 Å². The molecule has 0 aliphatic carbocycles. The highest BCUT2D eigenvalue weighted by molar-refractivity contribution is 5.45. The van der Waals surface area contributed by atoms with Crippen molar-refractivity contribution in [2.45, 2.75) is 25.8 Å². The number of nitrogens with one attached hydrogen (secondary N) is 1. The van der Waals surface area contributed by atoms with Gasteiger partial charge >= 0.3 is 0 Å². The number of ether oxygens (including phenoxy) is 1. The highest BCUT2D eigenvalue weighted by Crippen LogP contribution is 2.38. The van der Waals surface area contributed by atoms with Gasteiger partial charge in [-0.05, 0) is 18.7 Å². The average molecular weight is 191 g/mol. The van der Waals surface area contributed by atoms with E-state index >= 15 is 0 Å². The first-order valence-electron chi connectivity index (χ1n) is 5.04. The van der Waals surface area contributed by atoms with E-state index in [1.165, 1.54) is 11.1 Å². The van der Waals surface area contributed by atoms with Gasteiger partial charge in [0.1, 0.15) is 5.75 Å². The third-order valence-electron chi connectivity index (χ3n) is 2.74. The van der Waals surface area contributed by atoms with Crippen LogP contribution in [0.5, 0.6) is 5.75 Å². The largest absolute Gasteiger partial charge is 0.492 e. The normalized spacial score (nSPS) is 17.6. The van der Waals surface area contributed by atoms with Gasteiger partial charge < -0.3 is 10.1 Å². The lowest BCUT2D eigenvalue weighted by Crippen LogP contribution is -2.18. The molecule has 0 radical (unpaired) electrons. The molecule has 1 aromatic carbocycles. The van der Waals surface area contributed by atoms with Crippen molar-refractivity contribution in [2.75, 3.05) is 13.7 Å². The lowest BCUT2D eigenvalue weighted by molar-refractivity contribution is 0.291. The maximum Gasteiger partial charge on any atom is 0.123 e. The first-order chi connectivity index (χ1) is 6.63. The second-order valence-corrected chi connectivity index (χ2v) is 4.53. The minimum atomic E-state index is 0.166. The lowest BCUT2D eigenvalue weighted by Gasteiger charge is -2.15. The van der Waals surface area contributed by atoms with Gasteiger partial charge in [0, 0.05) is 17.5 Å². The molecule has 0 saturated carbocycles. The van der Waals surface area contributed by atoms with Crippen LogP contribution in [0, 0.1) is 0 Å².